The van der Waals surface area contributed by atoms with Crippen molar-refractivity contribution in [1.29, 1.82) is 0 Å². The molecular formula is C19H17ClN2O6S. The topological polar surface area (TPSA) is 119 Å². The van der Waals surface area contributed by atoms with Crippen LogP contribution in [0.25, 0.3) is 0 Å². The molecule has 0 fully saturated rings. The standard InChI is InChI=1S/C19H17ClN2O6S/c1-11-19(25)22-15-8-12(2-7-17(15)28-11)16(23)9-29(26,27)10-18(24)21-14-5-3-13(20)4-6-14/h2-8,11H,9-10H2,1H3,(H,21,24)(H,22,25). The first-order valence-corrected chi connectivity index (χ1v) is 10.7. The van der Waals surface area contributed by atoms with Gasteiger partial charge in [-0.05, 0) is 49.4 Å². The number of carbonyl (C=O) groups excluding carboxylic acids is 3. The number of ether oxygens (including phenoxy) is 1. The number of Topliss-reactive ketones (excluding diaryl/α,β-unsaturated/α-hetero) is 1. The molecule has 3 rings (SSSR count). The summed E-state index contributed by atoms with van der Waals surface area (Å²) in [5, 5.41) is 5.50. The molecular weight excluding hydrogens is 420 g/mol. The molecule has 0 aliphatic carbocycles. The van der Waals surface area contributed by atoms with E-state index in [1.54, 1.807) is 19.1 Å². The Morgan fingerprint density at radius 3 is 2.52 bits per heavy atom. The molecule has 1 aliphatic heterocycles. The number of hydrogen-bond donors (Lipinski definition) is 2. The third-order valence-electron chi connectivity index (χ3n) is 4.06. The molecule has 0 aromatic heterocycles. The second-order valence-corrected chi connectivity index (χ2v) is 8.97. The van der Waals surface area contributed by atoms with Crippen molar-refractivity contribution in [3.05, 3.63) is 53.1 Å². The van der Waals surface area contributed by atoms with Crippen molar-refractivity contribution in [2.75, 3.05) is 22.1 Å². The van der Waals surface area contributed by atoms with Gasteiger partial charge >= 0.3 is 0 Å². The molecule has 0 radical (unpaired) electrons. The van der Waals surface area contributed by atoms with E-state index in [1.807, 2.05) is 0 Å². The number of nitrogens with one attached hydrogen (secondary N) is 2. The summed E-state index contributed by atoms with van der Waals surface area (Å²) in [5.41, 5.74) is 0.765. The predicted octanol–water partition coefficient (Wildman–Crippen LogP) is 2.30. The summed E-state index contributed by atoms with van der Waals surface area (Å²) in [6, 6.07) is 10.4. The van der Waals surface area contributed by atoms with Crippen LogP contribution >= 0.6 is 11.6 Å². The number of halogens is 1. The largest absolute Gasteiger partial charge is 0.479 e. The number of anilines is 2. The Kier molecular flexibility index (Phi) is 5.90. The van der Waals surface area contributed by atoms with E-state index in [4.69, 9.17) is 16.3 Å². The Bertz CT molecular complexity index is 1080. The summed E-state index contributed by atoms with van der Waals surface area (Å²) in [6.07, 6.45) is -0.663. The van der Waals surface area contributed by atoms with Crippen LogP contribution in [0.15, 0.2) is 42.5 Å². The van der Waals surface area contributed by atoms with E-state index in [0.29, 0.717) is 16.5 Å². The molecule has 10 heteroatoms. The smallest absolute Gasteiger partial charge is 0.265 e. The summed E-state index contributed by atoms with van der Waals surface area (Å²) >= 11 is 5.75. The highest BCUT2D eigenvalue weighted by Crippen LogP contribution is 2.30. The highest BCUT2D eigenvalue weighted by molar-refractivity contribution is 7.92. The summed E-state index contributed by atoms with van der Waals surface area (Å²) in [4.78, 5) is 36.1. The zero-order chi connectivity index (χ0) is 21.2. The molecule has 2 N–H and O–H groups in total. The molecule has 1 aliphatic rings. The minimum Gasteiger partial charge on any atom is -0.479 e. The van der Waals surface area contributed by atoms with Crippen molar-refractivity contribution in [2.24, 2.45) is 0 Å². The lowest BCUT2D eigenvalue weighted by atomic mass is 10.1. The van der Waals surface area contributed by atoms with E-state index < -0.39 is 39.1 Å². The number of benzene rings is 2. The van der Waals surface area contributed by atoms with Crippen molar-refractivity contribution in [3.8, 4) is 5.75 Å². The maximum atomic E-state index is 12.4. The molecule has 152 valence electrons. The van der Waals surface area contributed by atoms with Crippen LogP contribution in [0.2, 0.25) is 5.02 Å². The minimum absolute atomic E-state index is 0.0869. The molecule has 1 heterocycles. The van der Waals surface area contributed by atoms with Crippen molar-refractivity contribution in [3.63, 3.8) is 0 Å². The van der Waals surface area contributed by atoms with E-state index in [9.17, 15) is 22.8 Å². The van der Waals surface area contributed by atoms with E-state index in [2.05, 4.69) is 10.6 Å². The molecule has 0 spiro atoms. The van der Waals surface area contributed by atoms with Gasteiger partial charge in [-0.25, -0.2) is 8.42 Å². The molecule has 2 aromatic carbocycles. The summed E-state index contributed by atoms with van der Waals surface area (Å²) in [7, 11) is -4.00. The van der Waals surface area contributed by atoms with Gasteiger partial charge in [0, 0.05) is 16.3 Å². The third-order valence-corrected chi connectivity index (χ3v) is 5.72. The first-order valence-electron chi connectivity index (χ1n) is 8.53. The number of sulfone groups is 1. The van der Waals surface area contributed by atoms with E-state index in [0.717, 1.165) is 0 Å². The number of amides is 2. The van der Waals surface area contributed by atoms with Gasteiger partial charge in [-0.15, -0.1) is 0 Å². The maximum Gasteiger partial charge on any atom is 0.265 e. The second-order valence-electron chi connectivity index (χ2n) is 6.47. The molecule has 0 bridgehead atoms. The zero-order valence-corrected chi connectivity index (χ0v) is 16.8. The average molecular weight is 437 g/mol. The fourth-order valence-corrected chi connectivity index (χ4v) is 3.91. The van der Waals surface area contributed by atoms with Crippen molar-refractivity contribution < 1.29 is 27.5 Å². The summed E-state index contributed by atoms with van der Waals surface area (Å²) < 4.78 is 29.9. The zero-order valence-electron chi connectivity index (χ0n) is 15.3. The van der Waals surface area contributed by atoms with Crippen LogP contribution in [0.3, 0.4) is 0 Å². The van der Waals surface area contributed by atoms with Gasteiger partial charge in [0.15, 0.2) is 21.7 Å². The monoisotopic (exact) mass is 436 g/mol. The van der Waals surface area contributed by atoms with Crippen LogP contribution in [0.1, 0.15) is 17.3 Å². The van der Waals surface area contributed by atoms with Crippen LogP contribution in [-0.4, -0.2) is 43.6 Å². The number of ketones is 1. The number of fused-ring (bicyclic) bond motifs is 1. The van der Waals surface area contributed by atoms with Gasteiger partial charge in [0.2, 0.25) is 5.91 Å². The normalized spacial score (nSPS) is 15.7. The fourth-order valence-electron chi connectivity index (χ4n) is 2.65. The Morgan fingerprint density at radius 1 is 1.14 bits per heavy atom. The van der Waals surface area contributed by atoms with Gasteiger partial charge in [0.05, 0.1) is 5.69 Å². The number of rotatable bonds is 6. The lowest BCUT2D eigenvalue weighted by molar-refractivity contribution is -0.122. The average Bonchev–Trinajstić information content (AvgIpc) is 2.63. The number of carbonyl (C=O) groups is 3. The molecule has 29 heavy (non-hydrogen) atoms. The van der Waals surface area contributed by atoms with Crippen LogP contribution in [0.4, 0.5) is 11.4 Å². The van der Waals surface area contributed by atoms with Gasteiger partial charge in [0.25, 0.3) is 5.91 Å². The predicted molar refractivity (Wildman–Crippen MR) is 108 cm³/mol. The van der Waals surface area contributed by atoms with E-state index >= 15 is 0 Å². The summed E-state index contributed by atoms with van der Waals surface area (Å²) in [5.74, 6) is -3.12. The maximum absolute atomic E-state index is 12.4. The van der Waals surface area contributed by atoms with Gasteiger partial charge in [-0.2, -0.15) is 0 Å². The third kappa shape index (κ3) is 5.33. The minimum atomic E-state index is -4.00. The summed E-state index contributed by atoms with van der Waals surface area (Å²) in [6.45, 7) is 1.58. The first kappa shape index (κ1) is 20.8. The quantitative estimate of drug-likeness (QED) is 0.670. The Labute approximate surface area is 172 Å². The number of hydrogen-bond acceptors (Lipinski definition) is 6. The van der Waals surface area contributed by atoms with Gasteiger partial charge < -0.3 is 15.4 Å². The molecule has 1 atom stereocenters. The molecule has 2 aromatic rings. The van der Waals surface area contributed by atoms with Crippen LogP contribution < -0.4 is 15.4 Å². The van der Waals surface area contributed by atoms with Crippen molar-refractivity contribution in [1.82, 2.24) is 0 Å². The van der Waals surface area contributed by atoms with Crippen LogP contribution in [0, 0.1) is 0 Å². The fraction of sp³-hybridized carbons (Fsp3) is 0.211. The molecule has 1 unspecified atom stereocenters. The Hall–Kier alpha value is -2.91. The molecule has 0 saturated carbocycles. The highest BCUT2D eigenvalue weighted by Gasteiger charge is 2.26. The van der Waals surface area contributed by atoms with Crippen LogP contribution in [-0.2, 0) is 19.4 Å². The highest BCUT2D eigenvalue weighted by atomic mass is 35.5. The van der Waals surface area contributed by atoms with E-state index in [1.165, 1.54) is 30.3 Å². The second kappa shape index (κ2) is 8.22. The van der Waals surface area contributed by atoms with Gasteiger partial charge in [-0.1, -0.05) is 11.6 Å². The molecule has 0 saturated heterocycles. The van der Waals surface area contributed by atoms with Crippen LogP contribution in [0.5, 0.6) is 5.75 Å². The van der Waals surface area contributed by atoms with Gasteiger partial charge in [0.1, 0.15) is 17.3 Å². The van der Waals surface area contributed by atoms with E-state index in [-0.39, 0.29) is 17.2 Å². The Morgan fingerprint density at radius 2 is 1.83 bits per heavy atom. The molecule has 2 amide bonds. The lowest BCUT2D eigenvalue weighted by Crippen LogP contribution is -2.34. The first-order chi connectivity index (χ1) is 13.6. The van der Waals surface area contributed by atoms with Gasteiger partial charge in [-0.3, -0.25) is 14.4 Å². The van der Waals surface area contributed by atoms with Crippen molar-refractivity contribution >= 4 is 50.4 Å². The van der Waals surface area contributed by atoms with Crippen molar-refractivity contribution in [2.45, 2.75) is 13.0 Å². The Balaban J connectivity index is 1.64. The molecule has 8 nitrogen and oxygen atoms in total. The SMILES string of the molecule is CC1Oc2ccc(C(=O)CS(=O)(=O)CC(=O)Nc3ccc(Cl)cc3)cc2NC1=O. The lowest BCUT2D eigenvalue weighted by Gasteiger charge is -2.23.